The molecule has 0 bridgehead atoms. The van der Waals surface area contributed by atoms with Crippen LogP contribution in [-0.2, 0) is 4.79 Å². The van der Waals surface area contributed by atoms with Crippen LogP contribution in [0.5, 0.6) is 0 Å². The molecule has 0 amide bonds. The summed E-state index contributed by atoms with van der Waals surface area (Å²) in [5.74, 6) is -0.173. The van der Waals surface area contributed by atoms with E-state index >= 15 is 0 Å². The molecule has 1 aliphatic rings. The summed E-state index contributed by atoms with van der Waals surface area (Å²) in [6.45, 7) is 2.67. The monoisotopic (exact) mass is 271 g/mol. The molecule has 2 unspecified atom stereocenters. The summed E-state index contributed by atoms with van der Waals surface area (Å²) >= 11 is 0. The SMILES string of the molecule is CC1CCCN(c2ncc3ccccc3n2)C1C(=O)O. The first-order chi connectivity index (χ1) is 9.66. The van der Waals surface area contributed by atoms with Crippen LogP contribution < -0.4 is 4.90 Å². The average Bonchev–Trinajstić information content (AvgIpc) is 2.46. The number of carboxylic acid groups (broad SMARTS) is 1. The second-order valence-corrected chi connectivity index (χ2v) is 5.32. The molecule has 0 saturated carbocycles. The number of para-hydroxylation sites is 1. The lowest BCUT2D eigenvalue weighted by Crippen LogP contribution is -2.50. The van der Waals surface area contributed by atoms with Gasteiger partial charge in [-0.2, -0.15) is 0 Å². The van der Waals surface area contributed by atoms with Gasteiger partial charge in [-0.3, -0.25) is 0 Å². The van der Waals surface area contributed by atoms with Crippen LogP contribution in [0.4, 0.5) is 5.95 Å². The fourth-order valence-corrected chi connectivity index (χ4v) is 2.89. The molecule has 0 aliphatic carbocycles. The maximum absolute atomic E-state index is 11.5. The zero-order valence-corrected chi connectivity index (χ0v) is 11.4. The Labute approximate surface area is 117 Å². The molecule has 0 spiro atoms. The van der Waals surface area contributed by atoms with Crippen molar-refractivity contribution >= 4 is 22.8 Å². The highest BCUT2D eigenvalue weighted by atomic mass is 16.4. The predicted molar refractivity (Wildman–Crippen MR) is 76.7 cm³/mol. The first-order valence-corrected chi connectivity index (χ1v) is 6.88. The van der Waals surface area contributed by atoms with E-state index in [1.165, 1.54) is 0 Å². The number of benzene rings is 1. The second-order valence-electron chi connectivity index (χ2n) is 5.32. The van der Waals surface area contributed by atoms with Crippen LogP contribution in [0.1, 0.15) is 19.8 Å². The van der Waals surface area contributed by atoms with Crippen molar-refractivity contribution in [2.45, 2.75) is 25.8 Å². The fraction of sp³-hybridized carbons (Fsp3) is 0.400. The fourth-order valence-electron chi connectivity index (χ4n) is 2.89. The number of piperidine rings is 1. The van der Waals surface area contributed by atoms with Crippen LogP contribution in [0.15, 0.2) is 30.5 Å². The van der Waals surface area contributed by atoms with Crippen molar-refractivity contribution < 1.29 is 9.90 Å². The van der Waals surface area contributed by atoms with Crippen molar-refractivity contribution in [3.63, 3.8) is 0 Å². The lowest BCUT2D eigenvalue weighted by molar-refractivity contribution is -0.140. The predicted octanol–water partition coefficient (Wildman–Crippen LogP) is 2.32. The van der Waals surface area contributed by atoms with Gasteiger partial charge >= 0.3 is 5.97 Å². The summed E-state index contributed by atoms with van der Waals surface area (Å²) in [4.78, 5) is 22.2. The van der Waals surface area contributed by atoms with Gasteiger partial charge in [0.2, 0.25) is 5.95 Å². The molecule has 1 N–H and O–H groups in total. The van der Waals surface area contributed by atoms with Crippen molar-refractivity contribution in [1.82, 2.24) is 9.97 Å². The minimum atomic E-state index is -0.797. The largest absolute Gasteiger partial charge is 0.480 e. The lowest BCUT2D eigenvalue weighted by Gasteiger charge is -2.37. The Morgan fingerprint density at radius 3 is 3.00 bits per heavy atom. The number of hydrogen-bond acceptors (Lipinski definition) is 4. The Kier molecular flexibility index (Phi) is 3.26. The number of aromatic nitrogens is 2. The smallest absolute Gasteiger partial charge is 0.326 e. The van der Waals surface area contributed by atoms with Crippen LogP contribution >= 0.6 is 0 Å². The zero-order chi connectivity index (χ0) is 14.1. The van der Waals surface area contributed by atoms with Crippen LogP contribution in [0.25, 0.3) is 10.9 Å². The standard InChI is InChI=1S/C15H17N3O2/c1-10-5-4-8-18(13(10)14(19)20)15-16-9-11-6-2-3-7-12(11)17-15/h2-3,6-7,9-10,13H,4-5,8H2,1H3,(H,19,20). The van der Waals surface area contributed by atoms with Gasteiger partial charge in [-0.25, -0.2) is 14.8 Å². The van der Waals surface area contributed by atoms with E-state index in [2.05, 4.69) is 9.97 Å². The van der Waals surface area contributed by atoms with Gasteiger partial charge in [0.15, 0.2) is 0 Å². The van der Waals surface area contributed by atoms with Crippen molar-refractivity contribution in [2.75, 3.05) is 11.4 Å². The minimum absolute atomic E-state index is 0.108. The number of carboxylic acids is 1. The summed E-state index contributed by atoms with van der Waals surface area (Å²) < 4.78 is 0. The highest BCUT2D eigenvalue weighted by Gasteiger charge is 2.35. The molecule has 1 aromatic heterocycles. The summed E-state index contributed by atoms with van der Waals surface area (Å²) in [7, 11) is 0. The summed E-state index contributed by atoms with van der Waals surface area (Å²) in [5.41, 5.74) is 0.847. The van der Waals surface area contributed by atoms with E-state index in [1.54, 1.807) is 6.20 Å². The van der Waals surface area contributed by atoms with Crippen LogP contribution in [0.3, 0.4) is 0 Å². The van der Waals surface area contributed by atoms with E-state index in [4.69, 9.17) is 0 Å². The number of nitrogens with zero attached hydrogens (tertiary/aromatic N) is 3. The van der Waals surface area contributed by atoms with E-state index in [1.807, 2.05) is 36.1 Å². The van der Waals surface area contributed by atoms with Gasteiger partial charge in [0, 0.05) is 18.1 Å². The van der Waals surface area contributed by atoms with E-state index in [-0.39, 0.29) is 5.92 Å². The van der Waals surface area contributed by atoms with Crippen molar-refractivity contribution in [3.05, 3.63) is 30.5 Å². The molecule has 104 valence electrons. The third-order valence-electron chi connectivity index (χ3n) is 3.92. The lowest BCUT2D eigenvalue weighted by atomic mass is 9.91. The highest BCUT2D eigenvalue weighted by Crippen LogP contribution is 2.27. The number of aliphatic carboxylic acids is 1. The Bertz CT molecular complexity index is 644. The van der Waals surface area contributed by atoms with Crippen molar-refractivity contribution in [1.29, 1.82) is 0 Å². The molecule has 1 saturated heterocycles. The van der Waals surface area contributed by atoms with Gasteiger partial charge in [-0.05, 0) is 24.8 Å². The number of rotatable bonds is 2. The van der Waals surface area contributed by atoms with Crippen molar-refractivity contribution in [2.24, 2.45) is 5.92 Å². The Morgan fingerprint density at radius 2 is 2.20 bits per heavy atom. The third-order valence-corrected chi connectivity index (χ3v) is 3.92. The Hall–Kier alpha value is -2.17. The normalized spacial score (nSPS) is 22.9. The maximum atomic E-state index is 11.5. The molecule has 1 fully saturated rings. The van der Waals surface area contributed by atoms with Gasteiger partial charge in [0.05, 0.1) is 5.52 Å². The van der Waals surface area contributed by atoms with Crippen LogP contribution in [0.2, 0.25) is 0 Å². The molecule has 2 aromatic rings. The molecular weight excluding hydrogens is 254 g/mol. The zero-order valence-electron chi connectivity index (χ0n) is 11.4. The average molecular weight is 271 g/mol. The van der Waals surface area contributed by atoms with Crippen molar-refractivity contribution in [3.8, 4) is 0 Å². The number of anilines is 1. The quantitative estimate of drug-likeness (QED) is 0.908. The molecular formula is C15H17N3O2. The number of fused-ring (bicyclic) bond motifs is 1. The molecule has 2 atom stereocenters. The first kappa shape index (κ1) is 12.8. The molecule has 20 heavy (non-hydrogen) atoms. The maximum Gasteiger partial charge on any atom is 0.326 e. The Balaban J connectivity index is 2.01. The van der Waals surface area contributed by atoms with Crippen LogP contribution in [-0.4, -0.2) is 33.6 Å². The molecule has 5 heteroatoms. The minimum Gasteiger partial charge on any atom is -0.480 e. The van der Waals surface area contributed by atoms with Gasteiger partial charge in [-0.1, -0.05) is 25.1 Å². The van der Waals surface area contributed by atoms with E-state index < -0.39 is 12.0 Å². The van der Waals surface area contributed by atoms with Gasteiger partial charge < -0.3 is 10.0 Å². The molecule has 2 heterocycles. The highest BCUT2D eigenvalue weighted by molar-refractivity contribution is 5.81. The van der Waals surface area contributed by atoms with Gasteiger partial charge in [0.25, 0.3) is 0 Å². The summed E-state index contributed by atoms with van der Waals surface area (Å²) in [6.07, 6.45) is 3.66. The molecule has 0 radical (unpaired) electrons. The molecule has 5 nitrogen and oxygen atoms in total. The van der Waals surface area contributed by atoms with Crippen LogP contribution in [0, 0.1) is 5.92 Å². The molecule has 3 rings (SSSR count). The van der Waals surface area contributed by atoms with E-state index in [0.717, 1.165) is 23.7 Å². The molecule has 1 aliphatic heterocycles. The third kappa shape index (κ3) is 2.19. The topological polar surface area (TPSA) is 66.3 Å². The van der Waals surface area contributed by atoms with Gasteiger partial charge in [-0.15, -0.1) is 0 Å². The second kappa shape index (κ2) is 5.07. The summed E-state index contributed by atoms with van der Waals surface area (Å²) in [5, 5.41) is 10.4. The first-order valence-electron chi connectivity index (χ1n) is 6.88. The van der Waals surface area contributed by atoms with E-state index in [9.17, 15) is 9.90 Å². The van der Waals surface area contributed by atoms with Gasteiger partial charge in [0.1, 0.15) is 6.04 Å². The number of carbonyl (C=O) groups is 1. The van der Waals surface area contributed by atoms with E-state index in [0.29, 0.717) is 12.5 Å². The summed E-state index contributed by atoms with van der Waals surface area (Å²) in [6, 6.07) is 7.20. The molecule has 1 aromatic carbocycles. The Morgan fingerprint density at radius 1 is 1.40 bits per heavy atom. The number of hydrogen-bond donors (Lipinski definition) is 1.